The molecule has 0 radical (unpaired) electrons. The maximum absolute atomic E-state index is 12.3. The van der Waals surface area contributed by atoms with E-state index in [1.807, 2.05) is 6.07 Å². The van der Waals surface area contributed by atoms with Gasteiger partial charge in [0, 0.05) is 12.0 Å². The molecule has 2 heteroatoms. The lowest BCUT2D eigenvalue weighted by molar-refractivity contribution is 0.0971. The first kappa shape index (κ1) is 13.8. The molecule has 1 aliphatic heterocycles. The van der Waals surface area contributed by atoms with Crippen molar-refractivity contribution in [3.05, 3.63) is 35.4 Å². The first-order chi connectivity index (χ1) is 9.83. The molecule has 1 unspecified atom stereocenters. The summed E-state index contributed by atoms with van der Waals surface area (Å²) in [5.41, 5.74) is 2.31. The maximum atomic E-state index is 12.3. The topological polar surface area (TPSA) is 29.1 Å². The van der Waals surface area contributed by atoms with Crippen molar-refractivity contribution in [2.24, 2.45) is 5.92 Å². The molecular formula is C18H25NO. The predicted octanol–water partition coefficient (Wildman–Crippen LogP) is 3.92. The van der Waals surface area contributed by atoms with Gasteiger partial charge >= 0.3 is 0 Å². The van der Waals surface area contributed by atoms with Crippen LogP contribution in [0.2, 0.25) is 0 Å². The number of carbonyl (C=O) groups excluding carboxylic acids is 1. The Morgan fingerprint density at radius 2 is 2.10 bits per heavy atom. The highest BCUT2D eigenvalue weighted by Crippen LogP contribution is 2.36. The molecule has 0 bridgehead atoms. The van der Waals surface area contributed by atoms with E-state index in [0.717, 1.165) is 25.1 Å². The molecule has 0 amide bonds. The van der Waals surface area contributed by atoms with Crippen LogP contribution in [-0.4, -0.2) is 18.9 Å². The van der Waals surface area contributed by atoms with Crippen molar-refractivity contribution in [3.8, 4) is 0 Å². The monoisotopic (exact) mass is 271 g/mol. The summed E-state index contributed by atoms with van der Waals surface area (Å²) in [5, 5.41) is 3.43. The summed E-state index contributed by atoms with van der Waals surface area (Å²) >= 11 is 0. The van der Waals surface area contributed by atoms with Gasteiger partial charge in [-0.15, -0.1) is 0 Å². The number of hydrogen-bond acceptors (Lipinski definition) is 2. The first-order valence-corrected chi connectivity index (χ1v) is 8.17. The minimum Gasteiger partial charge on any atom is -0.316 e. The van der Waals surface area contributed by atoms with E-state index in [9.17, 15) is 4.79 Å². The van der Waals surface area contributed by atoms with Crippen LogP contribution in [0, 0.1) is 5.92 Å². The zero-order valence-corrected chi connectivity index (χ0v) is 12.2. The van der Waals surface area contributed by atoms with Gasteiger partial charge in [0.05, 0.1) is 0 Å². The van der Waals surface area contributed by atoms with Crippen LogP contribution in [0.4, 0.5) is 0 Å². The summed E-state index contributed by atoms with van der Waals surface area (Å²) in [5.74, 6) is 1.74. The van der Waals surface area contributed by atoms with Gasteiger partial charge in [0.2, 0.25) is 0 Å². The van der Waals surface area contributed by atoms with Crippen LogP contribution in [0.5, 0.6) is 0 Å². The molecule has 2 aliphatic rings. The minimum absolute atomic E-state index is 0.330. The summed E-state index contributed by atoms with van der Waals surface area (Å²) in [7, 11) is 0. The summed E-state index contributed by atoms with van der Waals surface area (Å²) in [6, 6.07) is 8.38. The second-order valence-electron chi connectivity index (χ2n) is 6.43. The third-order valence-electron chi connectivity index (χ3n) is 4.96. The van der Waals surface area contributed by atoms with Gasteiger partial charge in [0.25, 0.3) is 0 Å². The van der Waals surface area contributed by atoms with Gasteiger partial charge in [-0.2, -0.15) is 0 Å². The SMILES string of the molecule is O=C(CCC1CCCNC1)c1cccc(C2CCC2)c1. The van der Waals surface area contributed by atoms with Gasteiger partial charge in [-0.1, -0.05) is 24.6 Å². The highest BCUT2D eigenvalue weighted by atomic mass is 16.1. The van der Waals surface area contributed by atoms with Crippen molar-refractivity contribution in [3.63, 3.8) is 0 Å². The number of carbonyl (C=O) groups is 1. The molecular weight excluding hydrogens is 246 g/mol. The third kappa shape index (κ3) is 3.29. The summed E-state index contributed by atoms with van der Waals surface area (Å²) in [6.07, 6.45) is 8.23. The van der Waals surface area contributed by atoms with Gasteiger partial charge in [-0.25, -0.2) is 0 Å². The Hall–Kier alpha value is -1.15. The van der Waals surface area contributed by atoms with Crippen molar-refractivity contribution in [2.75, 3.05) is 13.1 Å². The normalized spacial score (nSPS) is 23.3. The molecule has 1 saturated heterocycles. The second-order valence-corrected chi connectivity index (χ2v) is 6.43. The minimum atomic E-state index is 0.330. The van der Waals surface area contributed by atoms with Crippen LogP contribution in [0.15, 0.2) is 24.3 Å². The lowest BCUT2D eigenvalue weighted by atomic mass is 9.79. The summed E-state index contributed by atoms with van der Waals surface area (Å²) < 4.78 is 0. The smallest absolute Gasteiger partial charge is 0.162 e. The standard InChI is InChI=1S/C18H25NO/c20-18(10-9-14-4-3-11-19-13-14)17-8-2-7-16(12-17)15-5-1-6-15/h2,7-8,12,14-15,19H,1,3-6,9-11,13H2. The third-order valence-corrected chi connectivity index (χ3v) is 4.96. The molecule has 2 nitrogen and oxygen atoms in total. The molecule has 1 N–H and O–H groups in total. The summed E-state index contributed by atoms with van der Waals surface area (Å²) in [6.45, 7) is 2.24. The number of Topliss-reactive ketones (excluding diaryl/α,β-unsaturated/α-hetero) is 1. The molecule has 0 aromatic heterocycles. The molecule has 20 heavy (non-hydrogen) atoms. The fourth-order valence-electron chi connectivity index (χ4n) is 3.36. The molecule has 1 atom stereocenters. The molecule has 0 spiro atoms. The molecule has 1 aromatic rings. The number of rotatable bonds is 5. The Morgan fingerprint density at radius 1 is 1.20 bits per heavy atom. The molecule has 2 fully saturated rings. The number of ketones is 1. The summed E-state index contributed by atoms with van der Waals surface area (Å²) in [4.78, 5) is 12.3. The maximum Gasteiger partial charge on any atom is 0.162 e. The van der Waals surface area contributed by atoms with E-state index in [2.05, 4.69) is 23.5 Å². The Labute approximate surface area is 122 Å². The average molecular weight is 271 g/mol. The molecule has 1 aliphatic carbocycles. The predicted molar refractivity (Wildman–Crippen MR) is 82.2 cm³/mol. The molecule has 1 aromatic carbocycles. The van der Waals surface area contributed by atoms with E-state index < -0.39 is 0 Å². The van der Waals surface area contributed by atoms with E-state index in [0.29, 0.717) is 24.0 Å². The van der Waals surface area contributed by atoms with E-state index >= 15 is 0 Å². The number of piperidine rings is 1. The Bertz CT molecular complexity index is 458. The Balaban J connectivity index is 1.55. The molecule has 1 heterocycles. The van der Waals surface area contributed by atoms with Crippen molar-refractivity contribution in [1.29, 1.82) is 0 Å². The van der Waals surface area contributed by atoms with Crippen molar-refractivity contribution >= 4 is 5.78 Å². The highest BCUT2D eigenvalue weighted by molar-refractivity contribution is 5.96. The van der Waals surface area contributed by atoms with Crippen LogP contribution >= 0.6 is 0 Å². The Kier molecular flexibility index (Phi) is 4.51. The molecule has 3 rings (SSSR count). The van der Waals surface area contributed by atoms with Gasteiger partial charge < -0.3 is 5.32 Å². The lowest BCUT2D eigenvalue weighted by Crippen LogP contribution is -2.30. The van der Waals surface area contributed by atoms with Gasteiger partial charge in [0.1, 0.15) is 0 Å². The lowest BCUT2D eigenvalue weighted by Gasteiger charge is -2.26. The van der Waals surface area contributed by atoms with Crippen LogP contribution in [0.3, 0.4) is 0 Å². The number of benzene rings is 1. The second kappa shape index (κ2) is 6.53. The van der Waals surface area contributed by atoms with E-state index in [4.69, 9.17) is 0 Å². The number of hydrogen-bond donors (Lipinski definition) is 1. The van der Waals surface area contributed by atoms with Crippen molar-refractivity contribution in [2.45, 2.75) is 50.9 Å². The van der Waals surface area contributed by atoms with Crippen molar-refractivity contribution < 1.29 is 4.79 Å². The van der Waals surface area contributed by atoms with Crippen LogP contribution in [0.25, 0.3) is 0 Å². The van der Waals surface area contributed by atoms with E-state index in [1.165, 1.54) is 37.7 Å². The van der Waals surface area contributed by atoms with Gasteiger partial charge in [-0.05, 0) is 68.7 Å². The van der Waals surface area contributed by atoms with Crippen LogP contribution in [-0.2, 0) is 0 Å². The fraction of sp³-hybridized carbons (Fsp3) is 0.611. The zero-order valence-electron chi connectivity index (χ0n) is 12.2. The largest absolute Gasteiger partial charge is 0.316 e. The molecule has 1 saturated carbocycles. The quantitative estimate of drug-likeness (QED) is 0.822. The average Bonchev–Trinajstić information content (AvgIpc) is 2.44. The number of nitrogens with one attached hydrogen (secondary N) is 1. The van der Waals surface area contributed by atoms with Crippen LogP contribution in [0.1, 0.15) is 66.8 Å². The highest BCUT2D eigenvalue weighted by Gasteiger charge is 2.20. The van der Waals surface area contributed by atoms with E-state index in [-0.39, 0.29) is 0 Å². The first-order valence-electron chi connectivity index (χ1n) is 8.17. The van der Waals surface area contributed by atoms with Gasteiger partial charge in [-0.3, -0.25) is 4.79 Å². The zero-order chi connectivity index (χ0) is 13.8. The molecule has 108 valence electrons. The van der Waals surface area contributed by atoms with Crippen LogP contribution < -0.4 is 5.32 Å². The van der Waals surface area contributed by atoms with Gasteiger partial charge in [0.15, 0.2) is 5.78 Å². The van der Waals surface area contributed by atoms with E-state index in [1.54, 1.807) is 0 Å². The van der Waals surface area contributed by atoms with Crippen molar-refractivity contribution in [1.82, 2.24) is 5.32 Å². The fourth-order valence-corrected chi connectivity index (χ4v) is 3.36. The Morgan fingerprint density at radius 3 is 2.80 bits per heavy atom.